The van der Waals surface area contributed by atoms with Gasteiger partial charge in [-0.05, 0) is 35.9 Å². The number of benzene rings is 2. The molecule has 0 saturated carbocycles. The van der Waals surface area contributed by atoms with E-state index >= 15 is 0 Å². The molecule has 2 aromatic rings. The molecular weight excluding hydrogens is 322 g/mol. The van der Waals surface area contributed by atoms with Crippen LogP contribution in [0.1, 0.15) is 15.9 Å². The first-order valence-corrected chi connectivity index (χ1v) is 6.78. The fourth-order valence-electron chi connectivity index (χ4n) is 1.89. The number of nitrogens with zero attached hydrogens (tertiary/aromatic N) is 1. The van der Waals surface area contributed by atoms with Gasteiger partial charge in [0.1, 0.15) is 11.5 Å². The monoisotopic (exact) mass is 335 g/mol. The summed E-state index contributed by atoms with van der Waals surface area (Å²) >= 11 is 3.23. The highest BCUT2D eigenvalue weighted by molar-refractivity contribution is 9.10. The maximum Gasteiger partial charge on any atom is 0.257 e. The molecule has 2 N–H and O–H groups in total. The van der Waals surface area contributed by atoms with Crippen molar-refractivity contribution < 1.29 is 15.0 Å². The van der Waals surface area contributed by atoms with E-state index in [0.717, 1.165) is 5.56 Å². The first kappa shape index (κ1) is 14.4. The minimum atomic E-state index is -0.279. The number of hydrogen-bond acceptors (Lipinski definition) is 3. The highest BCUT2D eigenvalue weighted by Crippen LogP contribution is 2.24. The summed E-state index contributed by atoms with van der Waals surface area (Å²) in [6.45, 7) is 0.350. The average molecular weight is 336 g/mol. The Bertz CT molecular complexity index is 643. The number of amides is 1. The lowest BCUT2D eigenvalue weighted by molar-refractivity contribution is 0.0782. The molecule has 0 aliphatic carbocycles. The Kier molecular flexibility index (Phi) is 4.29. The van der Waals surface area contributed by atoms with Gasteiger partial charge in [0.25, 0.3) is 5.91 Å². The molecular formula is C15H14BrNO3. The van der Waals surface area contributed by atoms with Gasteiger partial charge in [-0.25, -0.2) is 0 Å². The molecule has 0 aliphatic rings. The van der Waals surface area contributed by atoms with Gasteiger partial charge < -0.3 is 15.1 Å². The molecule has 0 spiro atoms. The summed E-state index contributed by atoms with van der Waals surface area (Å²) in [7, 11) is 1.65. The second kappa shape index (κ2) is 5.96. The third-order valence-corrected chi connectivity index (χ3v) is 3.36. The van der Waals surface area contributed by atoms with E-state index in [4.69, 9.17) is 0 Å². The number of rotatable bonds is 3. The van der Waals surface area contributed by atoms with Crippen molar-refractivity contribution >= 4 is 21.8 Å². The SMILES string of the molecule is CN(Cc1cccc(O)c1)C(=O)c1ccc(Br)cc1O. The van der Waals surface area contributed by atoms with Crippen molar-refractivity contribution in [3.63, 3.8) is 0 Å². The lowest BCUT2D eigenvalue weighted by Crippen LogP contribution is -2.26. The smallest absolute Gasteiger partial charge is 0.257 e. The van der Waals surface area contributed by atoms with E-state index in [9.17, 15) is 15.0 Å². The molecule has 0 aliphatic heterocycles. The summed E-state index contributed by atoms with van der Waals surface area (Å²) in [5.74, 6) is -0.180. The number of carbonyl (C=O) groups is 1. The van der Waals surface area contributed by atoms with Crippen LogP contribution in [0.15, 0.2) is 46.9 Å². The van der Waals surface area contributed by atoms with E-state index < -0.39 is 0 Å². The summed E-state index contributed by atoms with van der Waals surface area (Å²) in [6.07, 6.45) is 0. The van der Waals surface area contributed by atoms with Gasteiger partial charge in [0.2, 0.25) is 0 Å². The molecule has 104 valence electrons. The van der Waals surface area contributed by atoms with Crippen LogP contribution in [-0.2, 0) is 6.54 Å². The molecule has 0 radical (unpaired) electrons. The second-order valence-corrected chi connectivity index (χ2v) is 5.41. The Morgan fingerprint density at radius 2 is 1.95 bits per heavy atom. The molecule has 0 fully saturated rings. The number of aromatic hydroxyl groups is 2. The Morgan fingerprint density at radius 1 is 1.20 bits per heavy atom. The largest absolute Gasteiger partial charge is 0.508 e. The minimum absolute atomic E-state index is 0.0628. The Labute approximate surface area is 125 Å². The van der Waals surface area contributed by atoms with Crippen LogP contribution in [0.4, 0.5) is 0 Å². The summed E-state index contributed by atoms with van der Waals surface area (Å²) < 4.78 is 0.710. The average Bonchev–Trinajstić information content (AvgIpc) is 2.38. The number of hydrogen-bond donors (Lipinski definition) is 2. The summed E-state index contributed by atoms with van der Waals surface area (Å²) in [4.78, 5) is 13.7. The van der Waals surface area contributed by atoms with Gasteiger partial charge in [0, 0.05) is 18.1 Å². The summed E-state index contributed by atoms with van der Waals surface area (Å²) in [5.41, 5.74) is 1.06. The normalized spacial score (nSPS) is 10.3. The van der Waals surface area contributed by atoms with Gasteiger partial charge in [0.15, 0.2) is 0 Å². The van der Waals surface area contributed by atoms with Crippen LogP contribution in [0.3, 0.4) is 0 Å². The van der Waals surface area contributed by atoms with E-state index in [1.807, 2.05) is 6.07 Å². The minimum Gasteiger partial charge on any atom is -0.508 e. The van der Waals surface area contributed by atoms with Crippen molar-refractivity contribution in [2.45, 2.75) is 6.54 Å². The Hall–Kier alpha value is -2.01. The molecule has 5 heteroatoms. The van der Waals surface area contributed by atoms with E-state index in [1.54, 1.807) is 37.4 Å². The Morgan fingerprint density at radius 3 is 2.60 bits per heavy atom. The molecule has 0 heterocycles. The van der Waals surface area contributed by atoms with Crippen LogP contribution in [-0.4, -0.2) is 28.1 Å². The first-order chi connectivity index (χ1) is 9.47. The van der Waals surface area contributed by atoms with Crippen molar-refractivity contribution in [2.75, 3.05) is 7.05 Å². The van der Waals surface area contributed by atoms with Crippen molar-refractivity contribution in [3.05, 3.63) is 58.1 Å². The van der Waals surface area contributed by atoms with Gasteiger partial charge in [0.05, 0.1) is 5.56 Å². The van der Waals surface area contributed by atoms with Gasteiger partial charge in [-0.3, -0.25) is 4.79 Å². The van der Waals surface area contributed by atoms with Crippen LogP contribution in [0, 0.1) is 0 Å². The molecule has 2 aromatic carbocycles. The quantitative estimate of drug-likeness (QED) is 0.905. The number of phenolic OH excluding ortho intramolecular Hbond substituents is 2. The van der Waals surface area contributed by atoms with E-state index in [2.05, 4.69) is 15.9 Å². The van der Waals surface area contributed by atoms with Crippen molar-refractivity contribution in [1.29, 1.82) is 0 Å². The predicted octanol–water partition coefficient (Wildman–Crippen LogP) is 3.13. The molecule has 0 saturated heterocycles. The lowest BCUT2D eigenvalue weighted by Gasteiger charge is -2.18. The maximum absolute atomic E-state index is 12.3. The summed E-state index contributed by atoms with van der Waals surface area (Å²) in [5, 5.41) is 19.2. The van der Waals surface area contributed by atoms with E-state index in [1.165, 1.54) is 11.0 Å². The fourth-order valence-corrected chi connectivity index (χ4v) is 2.24. The van der Waals surface area contributed by atoms with Gasteiger partial charge in [-0.1, -0.05) is 28.1 Å². The highest BCUT2D eigenvalue weighted by atomic mass is 79.9. The maximum atomic E-state index is 12.3. The Balaban J connectivity index is 2.16. The molecule has 1 amide bonds. The third kappa shape index (κ3) is 3.30. The lowest BCUT2D eigenvalue weighted by atomic mass is 10.1. The standard InChI is InChI=1S/C15H14BrNO3/c1-17(9-10-3-2-4-12(18)7-10)15(20)13-6-5-11(16)8-14(13)19/h2-8,18-19H,9H2,1H3. The molecule has 0 bridgehead atoms. The number of halogens is 1. The number of carbonyl (C=O) groups excluding carboxylic acids is 1. The molecule has 4 nitrogen and oxygen atoms in total. The molecule has 0 unspecified atom stereocenters. The third-order valence-electron chi connectivity index (χ3n) is 2.87. The highest BCUT2D eigenvalue weighted by Gasteiger charge is 2.16. The van der Waals surface area contributed by atoms with Crippen molar-refractivity contribution in [3.8, 4) is 11.5 Å². The van der Waals surface area contributed by atoms with Crippen LogP contribution in [0.25, 0.3) is 0 Å². The summed E-state index contributed by atoms with van der Waals surface area (Å²) in [6, 6.07) is 11.5. The van der Waals surface area contributed by atoms with Gasteiger partial charge >= 0.3 is 0 Å². The van der Waals surface area contributed by atoms with Crippen molar-refractivity contribution in [2.24, 2.45) is 0 Å². The second-order valence-electron chi connectivity index (χ2n) is 4.49. The molecule has 2 rings (SSSR count). The van der Waals surface area contributed by atoms with Crippen LogP contribution in [0.2, 0.25) is 0 Å². The van der Waals surface area contributed by atoms with E-state index in [-0.39, 0.29) is 23.0 Å². The van der Waals surface area contributed by atoms with E-state index in [0.29, 0.717) is 11.0 Å². The molecule has 0 atom stereocenters. The zero-order valence-corrected chi connectivity index (χ0v) is 12.5. The zero-order valence-electron chi connectivity index (χ0n) is 10.9. The predicted molar refractivity (Wildman–Crippen MR) is 79.7 cm³/mol. The molecule has 20 heavy (non-hydrogen) atoms. The first-order valence-electron chi connectivity index (χ1n) is 5.99. The topological polar surface area (TPSA) is 60.8 Å². The molecule has 0 aromatic heterocycles. The fraction of sp³-hybridized carbons (Fsp3) is 0.133. The van der Waals surface area contributed by atoms with Crippen molar-refractivity contribution in [1.82, 2.24) is 4.90 Å². The van der Waals surface area contributed by atoms with Crippen LogP contribution < -0.4 is 0 Å². The van der Waals surface area contributed by atoms with Crippen LogP contribution >= 0.6 is 15.9 Å². The van der Waals surface area contributed by atoms with Crippen LogP contribution in [0.5, 0.6) is 11.5 Å². The van der Waals surface area contributed by atoms with Gasteiger partial charge in [-0.2, -0.15) is 0 Å². The van der Waals surface area contributed by atoms with Gasteiger partial charge in [-0.15, -0.1) is 0 Å². The zero-order chi connectivity index (χ0) is 14.7. The number of phenols is 2.